The van der Waals surface area contributed by atoms with Crippen molar-refractivity contribution in [2.45, 2.75) is 25.4 Å². The first-order chi connectivity index (χ1) is 15.6. The van der Waals surface area contributed by atoms with E-state index in [1.54, 1.807) is 0 Å². The molecule has 2 fully saturated rings. The predicted octanol–water partition coefficient (Wildman–Crippen LogP) is 3.52. The molecule has 12 heteroatoms. The van der Waals surface area contributed by atoms with Gasteiger partial charge in [-0.3, -0.25) is 9.69 Å². The zero-order valence-corrected chi connectivity index (χ0v) is 17.1. The molecule has 9 nitrogen and oxygen atoms in total. The van der Waals surface area contributed by atoms with Gasteiger partial charge in [-0.1, -0.05) is 0 Å². The Kier molecular flexibility index (Phi) is 5.57. The summed E-state index contributed by atoms with van der Waals surface area (Å²) < 4.78 is 42.2. The van der Waals surface area contributed by atoms with Gasteiger partial charge < -0.3 is 15.2 Å². The predicted molar refractivity (Wildman–Crippen MR) is 108 cm³/mol. The Balaban J connectivity index is 1.55. The van der Waals surface area contributed by atoms with Crippen LogP contribution < -0.4 is 15.0 Å². The Morgan fingerprint density at radius 2 is 2.12 bits per heavy atom. The largest absolute Gasteiger partial charge is 0.483 e. The molecule has 1 aliphatic carbocycles. The molecule has 2 aromatic rings. The lowest BCUT2D eigenvalue weighted by molar-refractivity contribution is -0.153. The molecule has 1 aromatic carbocycles. The summed E-state index contributed by atoms with van der Waals surface area (Å²) in [5, 5.41) is 21.6. The van der Waals surface area contributed by atoms with E-state index in [4.69, 9.17) is 0 Å². The van der Waals surface area contributed by atoms with Gasteiger partial charge >= 0.3 is 12.1 Å². The number of benzene rings is 1. The van der Waals surface area contributed by atoms with Crippen LogP contribution in [0.15, 0.2) is 30.5 Å². The lowest BCUT2D eigenvalue weighted by Crippen LogP contribution is -2.35. The standard InChI is InChI=1S/C21H18F3N5O4/c22-21(23,24)11-33-15-9-13(3-4-14(15)17(30)31)27-19-26-7-5-16(28-19)29-8-6-20(10-25,18(29)32)12-1-2-12/h3-5,7,9,12H,1-2,6,8,11H2,(H,30,31)(H,26,27,28)/t20-/m1/s1. The quantitative estimate of drug-likeness (QED) is 0.641. The summed E-state index contributed by atoms with van der Waals surface area (Å²) in [5.74, 6) is -1.84. The number of carbonyl (C=O) groups excluding carboxylic acids is 1. The highest BCUT2D eigenvalue weighted by molar-refractivity contribution is 6.01. The number of aromatic carboxylic acids is 1. The molecule has 0 spiro atoms. The number of halogens is 3. The zero-order chi connectivity index (χ0) is 23.8. The Labute approximate surface area is 185 Å². The van der Waals surface area contributed by atoms with Gasteiger partial charge in [0.15, 0.2) is 6.61 Å². The van der Waals surface area contributed by atoms with E-state index in [-0.39, 0.29) is 29.3 Å². The number of amides is 1. The molecular formula is C21H18F3N5O4. The second-order valence-corrected chi connectivity index (χ2v) is 7.85. The molecular weight excluding hydrogens is 443 g/mol. The van der Waals surface area contributed by atoms with Gasteiger partial charge in [0.2, 0.25) is 11.9 Å². The number of nitriles is 1. The molecule has 0 bridgehead atoms. The molecule has 2 heterocycles. The van der Waals surface area contributed by atoms with Crippen LogP contribution in [0.4, 0.5) is 30.6 Å². The number of hydrogen-bond acceptors (Lipinski definition) is 7. The first-order valence-corrected chi connectivity index (χ1v) is 10.0. The van der Waals surface area contributed by atoms with Crippen LogP contribution in [0, 0.1) is 22.7 Å². The number of nitrogens with zero attached hydrogens (tertiary/aromatic N) is 4. The van der Waals surface area contributed by atoms with E-state index in [0.29, 0.717) is 13.0 Å². The molecule has 1 aromatic heterocycles. The van der Waals surface area contributed by atoms with Crippen LogP contribution in [0.25, 0.3) is 0 Å². The number of aromatic nitrogens is 2. The number of ether oxygens (including phenoxy) is 1. The lowest BCUT2D eigenvalue weighted by Gasteiger charge is -2.20. The molecule has 1 amide bonds. The molecule has 0 radical (unpaired) electrons. The molecule has 1 saturated carbocycles. The number of carboxylic acids is 1. The first kappa shape index (κ1) is 22.3. The smallest absolute Gasteiger partial charge is 0.422 e. The van der Waals surface area contributed by atoms with Crippen molar-refractivity contribution in [1.82, 2.24) is 9.97 Å². The minimum Gasteiger partial charge on any atom is -0.483 e. The molecule has 1 saturated heterocycles. The van der Waals surface area contributed by atoms with Crippen LogP contribution in [0.2, 0.25) is 0 Å². The number of anilines is 3. The maximum Gasteiger partial charge on any atom is 0.422 e. The second-order valence-electron chi connectivity index (χ2n) is 7.85. The van der Waals surface area contributed by atoms with Crippen LogP contribution in [-0.4, -0.2) is 46.3 Å². The lowest BCUT2D eigenvalue weighted by atomic mass is 9.83. The topological polar surface area (TPSA) is 128 Å². The SMILES string of the molecule is N#C[C@@]1(C2CC2)CCN(c2ccnc(Nc3ccc(C(=O)O)c(OCC(F)(F)F)c3)n2)C1=O. The van der Waals surface area contributed by atoms with Crippen molar-refractivity contribution in [3.63, 3.8) is 0 Å². The maximum atomic E-state index is 13.0. The van der Waals surface area contributed by atoms with E-state index in [0.717, 1.165) is 25.0 Å². The molecule has 1 aliphatic heterocycles. The molecule has 172 valence electrons. The molecule has 0 unspecified atom stereocenters. The van der Waals surface area contributed by atoms with Crippen molar-refractivity contribution < 1.29 is 32.6 Å². The van der Waals surface area contributed by atoms with Crippen LogP contribution in [0.5, 0.6) is 5.75 Å². The fraction of sp³-hybridized carbons (Fsp3) is 0.381. The summed E-state index contributed by atoms with van der Waals surface area (Å²) in [4.78, 5) is 34.0. The van der Waals surface area contributed by atoms with E-state index in [2.05, 4.69) is 26.1 Å². The minimum atomic E-state index is -4.64. The Morgan fingerprint density at radius 3 is 2.76 bits per heavy atom. The fourth-order valence-corrected chi connectivity index (χ4v) is 3.85. The monoisotopic (exact) mass is 461 g/mol. The first-order valence-electron chi connectivity index (χ1n) is 10.0. The van der Waals surface area contributed by atoms with Crippen molar-refractivity contribution in [1.29, 1.82) is 5.26 Å². The molecule has 1 atom stereocenters. The van der Waals surface area contributed by atoms with E-state index in [9.17, 15) is 33.1 Å². The van der Waals surface area contributed by atoms with Crippen molar-refractivity contribution in [2.75, 3.05) is 23.4 Å². The normalized spacial score (nSPS) is 20.4. The Morgan fingerprint density at radius 1 is 1.36 bits per heavy atom. The molecule has 2 N–H and O–H groups in total. The number of alkyl halides is 3. The Bertz CT molecular complexity index is 1150. The zero-order valence-electron chi connectivity index (χ0n) is 17.1. The van der Waals surface area contributed by atoms with Gasteiger partial charge in [-0.2, -0.15) is 23.4 Å². The maximum absolute atomic E-state index is 13.0. The number of nitrogens with one attached hydrogen (secondary N) is 1. The molecule has 33 heavy (non-hydrogen) atoms. The highest BCUT2D eigenvalue weighted by Crippen LogP contribution is 2.51. The summed E-state index contributed by atoms with van der Waals surface area (Å²) >= 11 is 0. The van der Waals surface area contributed by atoms with Gasteiger partial charge in [0.1, 0.15) is 22.5 Å². The molecule has 4 rings (SSSR count). The summed E-state index contributed by atoms with van der Waals surface area (Å²) in [6, 6.07) is 7.24. The van der Waals surface area contributed by atoms with E-state index >= 15 is 0 Å². The summed E-state index contributed by atoms with van der Waals surface area (Å²) in [5.41, 5.74) is -1.28. The Hall–Kier alpha value is -3.88. The van der Waals surface area contributed by atoms with Gasteiger partial charge in [0, 0.05) is 24.5 Å². The van der Waals surface area contributed by atoms with Gasteiger partial charge in [-0.15, -0.1) is 0 Å². The summed E-state index contributed by atoms with van der Waals surface area (Å²) in [6.45, 7) is -1.32. The van der Waals surface area contributed by atoms with Crippen LogP contribution in [-0.2, 0) is 4.79 Å². The van der Waals surface area contributed by atoms with Gasteiger partial charge in [-0.25, -0.2) is 9.78 Å². The second kappa shape index (κ2) is 8.23. The van der Waals surface area contributed by atoms with Crippen molar-refractivity contribution in [3.8, 4) is 11.8 Å². The van der Waals surface area contributed by atoms with E-state index < -0.39 is 35.5 Å². The van der Waals surface area contributed by atoms with E-state index in [1.807, 2.05) is 0 Å². The average Bonchev–Trinajstić information content (AvgIpc) is 3.56. The number of carbonyl (C=O) groups is 2. The fourth-order valence-electron chi connectivity index (χ4n) is 3.85. The average molecular weight is 461 g/mol. The third kappa shape index (κ3) is 4.52. The van der Waals surface area contributed by atoms with Crippen LogP contribution in [0.3, 0.4) is 0 Å². The van der Waals surface area contributed by atoms with Crippen molar-refractivity contribution in [3.05, 3.63) is 36.0 Å². The van der Waals surface area contributed by atoms with Crippen molar-refractivity contribution in [2.24, 2.45) is 11.3 Å². The third-order valence-corrected chi connectivity index (χ3v) is 5.61. The van der Waals surface area contributed by atoms with Gasteiger partial charge in [0.05, 0.1) is 6.07 Å². The van der Waals surface area contributed by atoms with Crippen LogP contribution in [0.1, 0.15) is 29.6 Å². The van der Waals surface area contributed by atoms with Crippen LogP contribution >= 0.6 is 0 Å². The highest BCUT2D eigenvalue weighted by Gasteiger charge is 2.57. The third-order valence-electron chi connectivity index (χ3n) is 5.61. The number of hydrogen-bond donors (Lipinski definition) is 2. The molecule has 2 aliphatic rings. The number of rotatable bonds is 7. The van der Waals surface area contributed by atoms with E-state index in [1.165, 1.54) is 23.2 Å². The van der Waals surface area contributed by atoms with Crippen molar-refractivity contribution >= 4 is 29.3 Å². The summed E-state index contributed by atoms with van der Waals surface area (Å²) in [7, 11) is 0. The van der Waals surface area contributed by atoms with Gasteiger partial charge in [0.25, 0.3) is 0 Å². The number of carboxylic acid groups (broad SMARTS) is 1. The highest BCUT2D eigenvalue weighted by atomic mass is 19.4. The minimum absolute atomic E-state index is 0.0334. The summed E-state index contributed by atoms with van der Waals surface area (Å²) in [6.07, 6.45) is -1.15. The van der Waals surface area contributed by atoms with Gasteiger partial charge in [-0.05, 0) is 43.4 Å².